The molecule has 0 unspecified atom stereocenters. The second-order valence-electron chi connectivity index (χ2n) is 4.94. The van der Waals surface area contributed by atoms with E-state index >= 15 is 0 Å². The minimum atomic E-state index is 0.711. The smallest absolute Gasteiger partial charge is 0.114 e. The van der Waals surface area contributed by atoms with Crippen LogP contribution in [0.15, 0.2) is 11.1 Å². The average Bonchev–Trinajstić information content (AvgIpc) is 2.74. The molecule has 1 aliphatic carbocycles. The number of hydrogen-bond acceptors (Lipinski definition) is 3. The van der Waals surface area contributed by atoms with Crippen molar-refractivity contribution < 1.29 is 0 Å². The van der Waals surface area contributed by atoms with E-state index in [1.807, 2.05) is 6.07 Å². The Morgan fingerprint density at radius 3 is 3.00 bits per heavy atom. The minimum Gasteiger partial charge on any atom is -0.245 e. The van der Waals surface area contributed by atoms with Gasteiger partial charge in [-0.2, -0.15) is 5.26 Å². The summed E-state index contributed by atoms with van der Waals surface area (Å²) in [7, 11) is 0. The Labute approximate surface area is 107 Å². The Morgan fingerprint density at radius 2 is 2.29 bits per heavy atom. The molecular formula is C14H18N2S. The number of fused-ring (bicyclic) bond motifs is 1. The van der Waals surface area contributed by atoms with E-state index < -0.39 is 0 Å². The van der Waals surface area contributed by atoms with E-state index in [9.17, 15) is 0 Å². The molecule has 0 saturated heterocycles. The molecule has 0 spiro atoms. The van der Waals surface area contributed by atoms with Crippen molar-refractivity contribution in [3.63, 3.8) is 0 Å². The van der Waals surface area contributed by atoms with Crippen molar-refractivity contribution >= 4 is 11.8 Å². The molecule has 0 amide bonds. The van der Waals surface area contributed by atoms with Crippen LogP contribution in [0.5, 0.6) is 0 Å². The van der Waals surface area contributed by atoms with Crippen LogP contribution in [0.3, 0.4) is 0 Å². The van der Waals surface area contributed by atoms with Gasteiger partial charge in [0.25, 0.3) is 0 Å². The van der Waals surface area contributed by atoms with Crippen molar-refractivity contribution in [3.05, 3.63) is 22.9 Å². The summed E-state index contributed by atoms with van der Waals surface area (Å²) in [4.78, 5) is 4.66. The highest BCUT2D eigenvalue weighted by molar-refractivity contribution is 7.99. The molecule has 17 heavy (non-hydrogen) atoms. The first kappa shape index (κ1) is 12.4. The Morgan fingerprint density at radius 1 is 1.47 bits per heavy atom. The fourth-order valence-electron chi connectivity index (χ4n) is 2.03. The topological polar surface area (TPSA) is 36.7 Å². The second-order valence-corrected chi connectivity index (χ2v) is 6.03. The summed E-state index contributed by atoms with van der Waals surface area (Å²) in [6, 6.07) is 4.33. The van der Waals surface area contributed by atoms with Gasteiger partial charge in [-0.05, 0) is 49.0 Å². The van der Waals surface area contributed by atoms with E-state index in [1.165, 1.54) is 24.1 Å². The SMILES string of the molecule is CC(C)CCSc1nc2c(cc1C#N)CCC2. The highest BCUT2D eigenvalue weighted by Gasteiger charge is 2.16. The standard InChI is InChI=1S/C14H18N2S/c1-10(2)6-7-17-14-12(9-15)8-11-4-3-5-13(11)16-14/h8,10H,3-7H2,1-2H3. The molecule has 0 radical (unpaired) electrons. The van der Waals surface area contributed by atoms with Crippen LogP contribution in [0, 0.1) is 17.2 Å². The zero-order valence-electron chi connectivity index (χ0n) is 10.5. The molecule has 2 nitrogen and oxygen atoms in total. The molecule has 0 fully saturated rings. The van der Waals surface area contributed by atoms with Crippen LogP contribution in [0.2, 0.25) is 0 Å². The molecule has 0 saturated carbocycles. The number of thioether (sulfide) groups is 1. The van der Waals surface area contributed by atoms with Crippen LogP contribution >= 0.6 is 11.8 Å². The van der Waals surface area contributed by atoms with E-state index in [0.717, 1.165) is 29.2 Å². The molecule has 2 rings (SSSR count). The maximum Gasteiger partial charge on any atom is 0.114 e. The Kier molecular flexibility index (Phi) is 4.06. The van der Waals surface area contributed by atoms with E-state index in [1.54, 1.807) is 11.8 Å². The number of rotatable bonds is 4. The van der Waals surface area contributed by atoms with Crippen LogP contribution in [0.1, 0.15) is 43.5 Å². The van der Waals surface area contributed by atoms with Gasteiger partial charge in [0.05, 0.1) is 5.56 Å². The molecule has 90 valence electrons. The molecule has 0 bridgehead atoms. The van der Waals surface area contributed by atoms with Crippen LogP contribution in [0.25, 0.3) is 0 Å². The molecule has 0 N–H and O–H groups in total. The Bertz CT molecular complexity index is 446. The maximum atomic E-state index is 9.15. The van der Waals surface area contributed by atoms with Crippen molar-refractivity contribution in [1.29, 1.82) is 5.26 Å². The second kappa shape index (κ2) is 5.55. The quantitative estimate of drug-likeness (QED) is 0.762. The number of nitrogens with zero attached hydrogens (tertiary/aromatic N) is 2. The Balaban J connectivity index is 2.13. The van der Waals surface area contributed by atoms with Crippen molar-refractivity contribution in [2.45, 2.75) is 44.6 Å². The number of nitriles is 1. The predicted molar refractivity (Wildman–Crippen MR) is 71.2 cm³/mol. The molecule has 0 aliphatic heterocycles. The van der Waals surface area contributed by atoms with E-state index in [4.69, 9.17) is 5.26 Å². The lowest BCUT2D eigenvalue weighted by atomic mass is 10.2. The fourth-order valence-corrected chi connectivity index (χ4v) is 3.25. The van der Waals surface area contributed by atoms with Crippen LogP contribution in [-0.4, -0.2) is 10.7 Å². The highest BCUT2D eigenvalue weighted by atomic mass is 32.2. The molecule has 0 aromatic carbocycles. The van der Waals surface area contributed by atoms with E-state index in [2.05, 4.69) is 24.9 Å². The first-order chi connectivity index (χ1) is 8.20. The van der Waals surface area contributed by atoms with Gasteiger partial charge >= 0.3 is 0 Å². The summed E-state index contributed by atoms with van der Waals surface area (Å²) in [6.45, 7) is 4.45. The van der Waals surface area contributed by atoms with Gasteiger partial charge in [-0.1, -0.05) is 13.8 Å². The molecule has 1 aromatic heterocycles. The first-order valence-electron chi connectivity index (χ1n) is 6.26. The summed E-state index contributed by atoms with van der Waals surface area (Å²) >= 11 is 1.73. The summed E-state index contributed by atoms with van der Waals surface area (Å²) in [6.07, 6.45) is 4.54. The van der Waals surface area contributed by atoms with Crippen LogP contribution < -0.4 is 0 Å². The summed E-state index contributed by atoms with van der Waals surface area (Å²) in [5.74, 6) is 1.76. The largest absolute Gasteiger partial charge is 0.245 e. The van der Waals surface area contributed by atoms with Crippen molar-refractivity contribution in [2.75, 3.05) is 5.75 Å². The predicted octanol–water partition coefficient (Wildman–Crippen LogP) is 3.58. The van der Waals surface area contributed by atoms with Crippen molar-refractivity contribution in [2.24, 2.45) is 5.92 Å². The van der Waals surface area contributed by atoms with Gasteiger partial charge in [-0.25, -0.2) is 4.98 Å². The van der Waals surface area contributed by atoms with Gasteiger partial charge in [0.1, 0.15) is 11.1 Å². The Hall–Kier alpha value is -1.01. The monoisotopic (exact) mass is 246 g/mol. The van der Waals surface area contributed by atoms with Gasteiger partial charge in [-0.3, -0.25) is 0 Å². The molecule has 1 heterocycles. The van der Waals surface area contributed by atoms with E-state index in [0.29, 0.717) is 5.92 Å². The van der Waals surface area contributed by atoms with Crippen LogP contribution in [0.4, 0.5) is 0 Å². The van der Waals surface area contributed by atoms with Crippen molar-refractivity contribution in [3.8, 4) is 6.07 Å². The third kappa shape index (κ3) is 3.01. The van der Waals surface area contributed by atoms with E-state index in [-0.39, 0.29) is 0 Å². The summed E-state index contributed by atoms with van der Waals surface area (Å²) in [5.41, 5.74) is 3.27. The van der Waals surface area contributed by atoms with Gasteiger partial charge in [0, 0.05) is 5.69 Å². The maximum absolute atomic E-state index is 9.15. The third-order valence-electron chi connectivity index (χ3n) is 3.07. The van der Waals surface area contributed by atoms with Crippen molar-refractivity contribution in [1.82, 2.24) is 4.98 Å². The van der Waals surface area contributed by atoms with Gasteiger partial charge in [-0.15, -0.1) is 11.8 Å². The lowest BCUT2D eigenvalue weighted by Gasteiger charge is -2.07. The number of pyridine rings is 1. The van der Waals surface area contributed by atoms with Crippen LogP contribution in [-0.2, 0) is 12.8 Å². The zero-order chi connectivity index (χ0) is 12.3. The normalized spacial score (nSPS) is 13.8. The molecule has 3 heteroatoms. The highest BCUT2D eigenvalue weighted by Crippen LogP contribution is 2.28. The van der Waals surface area contributed by atoms with Gasteiger partial charge in [0.2, 0.25) is 0 Å². The molecule has 1 aliphatic rings. The number of aryl methyl sites for hydroxylation is 2. The number of hydrogen-bond donors (Lipinski definition) is 0. The lowest BCUT2D eigenvalue weighted by Crippen LogP contribution is -1.97. The first-order valence-corrected chi connectivity index (χ1v) is 7.25. The third-order valence-corrected chi connectivity index (χ3v) is 4.09. The fraction of sp³-hybridized carbons (Fsp3) is 0.571. The summed E-state index contributed by atoms with van der Waals surface area (Å²) in [5, 5.41) is 10.1. The zero-order valence-corrected chi connectivity index (χ0v) is 11.3. The minimum absolute atomic E-state index is 0.711. The lowest BCUT2D eigenvalue weighted by molar-refractivity contribution is 0.632. The molecular weight excluding hydrogens is 228 g/mol. The number of aromatic nitrogens is 1. The molecule has 0 atom stereocenters. The van der Waals surface area contributed by atoms with Gasteiger partial charge in [0.15, 0.2) is 0 Å². The van der Waals surface area contributed by atoms with Gasteiger partial charge < -0.3 is 0 Å². The molecule has 1 aromatic rings. The summed E-state index contributed by atoms with van der Waals surface area (Å²) < 4.78 is 0. The average molecular weight is 246 g/mol.